The smallest absolute Gasteiger partial charge is 0.349 e. The average Bonchev–Trinajstić information content (AvgIpc) is 2.18. The summed E-state index contributed by atoms with van der Waals surface area (Å²) in [5.74, 6) is -2.32. The number of aliphatic hydroxyl groups excluding tert-OH is 1. The number of aliphatic hydroxyl groups is 1. The van der Waals surface area contributed by atoms with Gasteiger partial charge >= 0.3 is 11.9 Å². The van der Waals surface area contributed by atoms with Crippen molar-refractivity contribution in [2.75, 3.05) is 6.61 Å². The van der Waals surface area contributed by atoms with Crippen LogP contribution < -0.4 is 0 Å². The van der Waals surface area contributed by atoms with Crippen LogP contribution in [0.4, 0.5) is 0 Å². The van der Waals surface area contributed by atoms with E-state index in [2.05, 4.69) is 4.74 Å². The van der Waals surface area contributed by atoms with Crippen molar-refractivity contribution in [1.82, 2.24) is 0 Å². The van der Waals surface area contributed by atoms with Crippen molar-refractivity contribution in [3.63, 3.8) is 0 Å². The maximum Gasteiger partial charge on any atom is 0.349 e. The molecular formula is C9H8O5. The van der Waals surface area contributed by atoms with Gasteiger partial charge in [0.25, 0.3) is 0 Å². The molecular weight excluding hydrogens is 188 g/mol. The third-order valence-corrected chi connectivity index (χ3v) is 1.46. The van der Waals surface area contributed by atoms with Crippen molar-refractivity contribution in [2.24, 2.45) is 0 Å². The number of aromatic hydroxyl groups is 1. The van der Waals surface area contributed by atoms with E-state index >= 15 is 0 Å². The zero-order chi connectivity index (χ0) is 10.6. The molecule has 74 valence electrons. The molecule has 14 heavy (non-hydrogen) atoms. The van der Waals surface area contributed by atoms with Crippen LogP contribution in [-0.4, -0.2) is 28.8 Å². The lowest BCUT2D eigenvalue weighted by Crippen LogP contribution is -2.15. The van der Waals surface area contributed by atoms with Crippen molar-refractivity contribution >= 4 is 11.9 Å². The molecule has 0 amide bonds. The van der Waals surface area contributed by atoms with Crippen LogP contribution in [0.5, 0.6) is 5.75 Å². The van der Waals surface area contributed by atoms with E-state index in [-0.39, 0.29) is 11.3 Å². The van der Waals surface area contributed by atoms with Gasteiger partial charge in [-0.15, -0.1) is 0 Å². The Balaban J connectivity index is 2.80. The molecule has 1 rings (SSSR count). The van der Waals surface area contributed by atoms with Gasteiger partial charge in [0.05, 0.1) is 0 Å². The molecule has 0 spiro atoms. The highest BCUT2D eigenvalue weighted by Crippen LogP contribution is 2.16. The molecule has 5 heteroatoms. The topological polar surface area (TPSA) is 83.8 Å². The molecule has 0 heterocycles. The van der Waals surface area contributed by atoms with E-state index in [9.17, 15) is 14.7 Å². The number of ether oxygens (including phenoxy) is 1. The fourth-order valence-corrected chi connectivity index (χ4v) is 0.837. The van der Waals surface area contributed by atoms with Crippen molar-refractivity contribution in [3.05, 3.63) is 29.8 Å². The molecule has 5 nitrogen and oxygen atoms in total. The minimum Gasteiger partial charge on any atom is -0.507 e. The Labute approximate surface area is 79.6 Å². The number of carbonyl (C=O) groups is 2. The second-order valence-corrected chi connectivity index (χ2v) is 2.44. The van der Waals surface area contributed by atoms with Crippen LogP contribution in [0.3, 0.4) is 0 Å². The van der Waals surface area contributed by atoms with Gasteiger partial charge < -0.3 is 14.9 Å². The minimum atomic E-state index is -1.06. The van der Waals surface area contributed by atoms with Crippen LogP contribution in [-0.2, 0) is 9.53 Å². The lowest BCUT2D eigenvalue weighted by Gasteiger charge is -2.02. The van der Waals surface area contributed by atoms with Gasteiger partial charge in [0.15, 0.2) is 0 Å². The van der Waals surface area contributed by atoms with Gasteiger partial charge in [-0.05, 0) is 12.1 Å². The van der Waals surface area contributed by atoms with E-state index in [4.69, 9.17) is 5.11 Å². The minimum absolute atomic E-state index is 0.116. The number of hydrogen-bond donors (Lipinski definition) is 2. The molecule has 1 aromatic carbocycles. The van der Waals surface area contributed by atoms with Crippen LogP contribution in [0.15, 0.2) is 24.3 Å². The molecule has 0 aliphatic rings. The normalized spacial score (nSPS) is 9.50. The third-order valence-electron chi connectivity index (χ3n) is 1.46. The second-order valence-electron chi connectivity index (χ2n) is 2.44. The molecule has 0 atom stereocenters. The maximum absolute atomic E-state index is 11.1. The van der Waals surface area contributed by atoms with Gasteiger partial charge in [-0.1, -0.05) is 12.1 Å². The predicted octanol–water partition coefficient (Wildman–Crippen LogP) is 0.0679. The molecule has 0 fully saturated rings. The first-order chi connectivity index (χ1) is 6.65. The summed E-state index contributed by atoms with van der Waals surface area (Å²) in [6, 6.07) is 5.64. The monoisotopic (exact) mass is 196 g/mol. The summed E-state index contributed by atoms with van der Waals surface area (Å²) in [7, 11) is 0. The summed E-state index contributed by atoms with van der Waals surface area (Å²) >= 11 is 0. The Hall–Kier alpha value is -1.88. The lowest BCUT2D eigenvalue weighted by molar-refractivity contribution is -0.141. The van der Waals surface area contributed by atoms with Gasteiger partial charge in [0.2, 0.25) is 0 Å². The molecule has 0 aliphatic heterocycles. The number of phenolic OH excluding ortho intramolecular Hbond substituents is 1. The first-order valence-corrected chi connectivity index (χ1v) is 3.79. The first kappa shape index (κ1) is 10.2. The van der Waals surface area contributed by atoms with E-state index in [0.29, 0.717) is 0 Å². The fourth-order valence-electron chi connectivity index (χ4n) is 0.837. The van der Waals surface area contributed by atoms with Crippen LogP contribution in [0.2, 0.25) is 0 Å². The summed E-state index contributed by atoms with van der Waals surface area (Å²) < 4.78 is 4.18. The van der Waals surface area contributed by atoms with E-state index in [0.717, 1.165) is 0 Å². The van der Waals surface area contributed by atoms with Gasteiger partial charge in [0.1, 0.15) is 17.9 Å². The van der Waals surface area contributed by atoms with Crippen LogP contribution >= 0.6 is 0 Å². The van der Waals surface area contributed by atoms with Gasteiger partial charge in [-0.3, -0.25) is 0 Å². The van der Waals surface area contributed by atoms with Crippen molar-refractivity contribution in [2.45, 2.75) is 0 Å². The van der Waals surface area contributed by atoms with Gasteiger partial charge in [-0.25, -0.2) is 9.59 Å². The molecule has 0 radical (unpaired) electrons. The highest BCUT2D eigenvalue weighted by Gasteiger charge is 2.14. The fraction of sp³-hybridized carbons (Fsp3) is 0.111. The Morgan fingerprint density at radius 2 is 1.93 bits per heavy atom. The highest BCUT2D eigenvalue weighted by molar-refractivity contribution is 5.98. The molecule has 2 N–H and O–H groups in total. The van der Waals surface area contributed by atoms with Gasteiger partial charge in [-0.2, -0.15) is 0 Å². The summed E-state index contributed by atoms with van der Waals surface area (Å²) in [6.45, 7) is -0.876. The first-order valence-electron chi connectivity index (χ1n) is 3.79. The van der Waals surface area contributed by atoms with Crippen LogP contribution in [0.1, 0.15) is 10.4 Å². The number of carbonyl (C=O) groups excluding carboxylic acids is 2. The standard InChI is InChI=1S/C9H8O5/c10-5-8(12)14-9(13)6-3-1-2-4-7(6)11/h1-4,10-11H,5H2. The van der Waals surface area contributed by atoms with E-state index in [1.165, 1.54) is 24.3 Å². The molecule has 0 saturated carbocycles. The van der Waals surface area contributed by atoms with Crippen molar-refractivity contribution in [1.29, 1.82) is 0 Å². The van der Waals surface area contributed by atoms with Gasteiger partial charge in [0, 0.05) is 0 Å². The van der Waals surface area contributed by atoms with E-state index < -0.39 is 18.5 Å². The lowest BCUT2D eigenvalue weighted by atomic mass is 10.2. The largest absolute Gasteiger partial charge is 0.507 e. The highest BCUT2D eigenvalue weighted by atomic mass is 16.6. The number of hydrogen-bond acceptors (Lipinski definition) is 5. The molecule has 1 aromatic rings. The Kier molecular flexibility index (Phi) is 3.19. The van der Waals surface area contributed by atoms with E-state index in [1.807, 2.05) is 0 Å². The molecule has 0 unspecified atom stereocenters. The van der Waals surface area contributed by atoms with Crippen molar-refractivity contribution < 1.29 is 24.5 Å². The van der Waals surface area contributed by atoms with Crippen molar-refractivity contribution in [3.8, 4) is 5.75 Å². The Morgan fingerprint density at radius 3 is 2.50 bits per heavy atom. The maximum atomic E-state index is 11.1. The summed E-state index contributed by atoms with van der Waals surface area (Å²) in [6.07, 6.45) is 0. The van der Waals surface area contributed by atoms with E-state index in [1.54, 1.807) is 0 Å². The zero-order valence-corrected chi connectivity index (χ0v) is 7.14. The van der Waals surface area contributed by atoms with Crippen LogP contribution in [0.25, 0.3) is 0 Å². The molecule has 0 saturated heterocycles. The number of esters is 2. The Bertz CT molecular complexity index is 358. The molecule has 0 aromatic heterocycles. The SMILES string of the molecule is O=C(CO)OC(=O)c1ccccc1O. The Morgan fingerprint density at radius 1 is 1.29 bits per heavy atom. The number of benzene rings is 1. The number of phenols is 1. The molecule has 0 bridgehead atoms. The van der Waals surface area contributed by atoms with Crippen LogP contribution in [0, 0.1) is 0 Å². The number of para-hydroxylation sites is 1. The average molecular weight is 196 g/mol. The zero-order valence-electron chi connectivity index (χ0n) is 7.14. The second kappa shape index (κ2) is 4.38. The summed E-state index contributed by atoms with van der Waals surface area (Å²) in [5.41, 5.74) is -0.116. The quantitative estimate of drug-likeness (QED) is 0.516. The summed E-state index contributed by atoms with van der Waals surface area (Å²) in [5, 5.41) is 17.5. The summed E-state index contributed by atoms with van der Waals surface area (Å²) in [4.78, 5) is 21.7. The molecule has 0 aliphatic carbocycles. The third kappa shape index (κ3) is 2.30. The number of rotatable bonds is 2. The predicted molar refractivity (Wildman–Crippen MR) is 45.6 cm³/mol.